The predicted octanol–water partition coefficient (Wildman–Crippen LogP) is 5.96. The van der Waals surface area contributed by atoms with E-state index in [-0.39, 0.29) is 5.92 Å². The van der Waals surface area contributed by atoms with Gasteiger partial charge in [-0.3, -0.25) is 0 Å². The molecule has 0 spiro atoms. The molecule has 2 unspecified atom stereocenters. The van der Waals surface area contributed by atoms with Gasteiger partial charge in [0.1, 0.15) is 11.3 Å². The monoisotopic (exact) mass is 424 g/mol. The first-order chi connectivity index (χ1) is 15.5. The van der Waals surface area contributed by atoms with Gasteiger partial charge in [-0.1, -0.05) is 49.9 Å². The van der Waals surface area contributed by atoms with Crippen LogP contribution in [0.4, 0.5) is 5.69 Å². The van der Waals surface area contributed by atoms with Crippen LogP contribution in [0.5, 0.6) is 0 Å². The highest BCUT2D eigenvalue weighted by molar-refractivity contribution is 6.07. The van der Waals surface area contributed by atoms with Crippen molar-refractivity contribution in [1.82, 2.24) is 4.98 Å². The van der Waals surface area contributed by atoms with E-state index in [2.05, 4.69) is 41.1 Å². The van der Waals surface area contributed by atoms with Crippen molar-refractivity contribution < 1.29 is 14.3 Å². The molecule has 2 heterocycles. The molecule has 0 saturated carbocycles. The normalized spacial score (nSPS) is 18.6. The van der Waals surface area contributed by atoms with E-state index >= 15 is 0 Å². The minimum Gasteiger partial charge on any atom is -0.454 e. The molecule has 1 aliphatic rings. The number of hydrogen-bond acceptors (Lipinski definition) is 4. The summed E-state index contributed by atoms with van der Waals surface area (Å²) in [5.41, 5.74) is 5.40. The van der Waals surface area contributed by atoms with Gasteiger partial charge in [0.05, 0.1) is 5.92 Å². The van der Waals surface area contributed by atoms with E-state index in [1.807, 2.05) is 56.4 Å². The molecular weight excluding hydrogens is 400 g/mol. The Labute approximate surface area is 186 Å². The molecule has 0 amide bonds. The van der Waals surface area contributed by atoms with Gasteiger partial charge < -0.3 is 19.8 Å². The van der Waals surface area contributed by atoms with Gasteiger partial charge >= 0.3 is 5.97 Å². The number of para-hydroxylation sites is 1. The Kier molecular flexibility index (Phi) is 4.94. The summed E-state index contributed by atoms with van der Waals surface area (Å²) in [4.78, 5) is 16.2. The molecule has 2 N–H and O–H groups in total. The minimum absolute atomic E-state index is 0.162. The number of hydrogen-bond donors (Lipinski definition) is 2. The minimum atomic E-state index is -0.735. The molecule has 2 atom stereocenters. The zero-order valence-electron chi connectivity index (χ0n) is 18.0. The highest BCUT2D eigenvalue weighted by Crippen LogP contribution is 2.34. The molecule has 32 heavy (non-hydrogen) atoms. The summed E-state index contributed by atoms with van der Waals surface area (Å²) in [6, 6.07) is 22.2. The maximum absolute atomic E-state index is 12.8. The van der Waals surface area contributed by atoms with E-state index < -0.39 is 12.3 Å². The van der Waals surface area contributed by atoms with Crippen LogP contribution in [0.15, 0.2) is 84.6 Å². The van der Waals surface area contributed by atoms with E-state index in [4.69, 9.17) is 9.47 Å². The summed E-state index contributed by atoms with van der Waals surface area (Å²) >= 11 is 0. The van der Waals surface area contributed by atoms with Gasteiger partial charge in [0.25, 0.3) is 6.29 Å². The van der Waals surface area contributed by atoms with E-state index in [1.54, 1.807) is 6.08 Å². The molecule has 5 rings (SSSR count). The van der Waals surface area contributed by atoms with E-state index in [0.717, 1.165) is 38.6 Å². The molecule has 0 radical (unpaired) electrons. The topological polar surface area (TPSA) is 63.4 Å². The third kappa shape index (κ3) is 3.52. The van der Waals surface area contributed by atoms with Crippen molar-refractivity contribution in [2.45, 2.75) is 19.1 Å². The summed E-state index contributed by atoms with van der Waals surface area (Å²) in [5, 5.41) is 5.37. The molecular formula is C27H24N2O3. The summed E-state index contributed by atoms with van der Waals surface area (Å²) in [7, 11) is 1.86. The van der Waals surface area contributed by atoms with Gasteiger partial charge in [0.2, 0.25) is 0 Å². The van der Waals surface area contributed by atoms with Gasteiger partial charge in [-0.25, -0.2) is 4.79 Å². The number of nitrogens with one attached hydrogen (secondary N) is 2. The summed E-state index contributed by atoms with van der Waals surface area (Å²) in [6.45, 7) is 5.97. The Bertz CT molecular complexity index is 1340. The van der Waals surface area contributed by atoms with Crippen LogP contribution >= 0.6 is 0 Å². The van der Waals surface area contributed by atoms with Crippen molar-refractivity contribution in [3.63, 3.8) is 0 Å². The number of benzene rings is 3. The Hall–Kier alpha value is -3.99. The van der Waals surface area contributed by atoms with Crippen molar-refractivity contribution in [2.24, 2.45) is 0 Å². The molecule has 5 nitrogen and oxygen atoms in total. The van der Waals surface area contributed by atoms with Crippen LogP contribution < -0.4 is 5.32 Å². The second kappa shape index (κ2) is 7.93. The van der Waals surface area contributed by atoms with Gasteiger partial charge in [-0.2, -0.15) is 0 Å². The van der Waals surface area contributed by atoms with Crippen LogP contribution in [-0.2, 0) is 14.3 Å². The molecule has 160 valence electrons. The number of esters is 1. The molecule has 1 fully saturated rings. The number of aromatic amines is 1. The number of anilines is 1. The van der Waals surface area contributed by atoms with Crippen LogP contribution in [0, 0.1) is 0 Å². The number of fused-ring (bicyclic) bond motifs is 3. The molecule has 1 aromatic heterocycles. The lowest BCUT2D eigenvalue weighted by Gasteiger charge is -2.31. The SMILES string of the molecule is C=C1OC(C(C)c2ccc3[nH]c4ccccc4c3c2)OC(=O)/C1=C/c1ccc(NC)cc1. The molecule has 1 aliphatic heterocycles. The Morgan fingerprint density at radius 3 is 2.50 bits per heavy atom. The Morgan fingerprint density at radius 2 is 1.75 bits per heavy atom. The highest BCUT2D eigenvalue weighted by atomic mass is 16.7. The van der Waals surface area contributed by atoms with Crippen molar-refractivity contribution in [2.75, 3.05) is 12.4 Å². The number of carbonyl (C=O) groups is 1. The molecule has 0 aliphatic carbocycles. The van der Waals surface area contributed by atoms with Crippen molar-refractivity contribution in [3.8, 4) is 0 Å². The first kappa shape index (κ1) is 19.9. The fourth-order valence-corrected chi connectivity index (χ4v) is 4.07. The number of H-pyrrole nitrogens is 1. The Balaban J connectivity index is 1.39. The first-order valence-electron chi connectivity index (χ1n) is 10.6. The standard InChI is InChI=1S/C27H24N2O3/c1-16(19-10-13-25-23(15-19)21-6-4-5-7-24(21)29-25)27-31-17(2)22(26(30)32-27)14-18-8-11-20(28-3)12-9-18/h4-16,27-29H,2H2,1,3H3/b22-14+. The van der Waals surface area contributed by atoms with E-state index in [1.165, 1.54) is 0 Å². The third-order valence-electron chi connectivity index (χ3n) is 5.98. The molecule has 5 heteroatoms. The van der Waals surface area contributed by atoms with E-state index in [0.29, 0.717) is 11.3 Å². The van der Waals surface area contributed by atoms with Crippen LogP contribution in [-0.4, -0.2) is 24.3 Å². The number of carbonyl (C=O) groups excluding carboxylic acids is 1. The largest absolute Gasteiger partial charge is 0.454 e. The van der Waals surface area contributed by atoms with Gasteiger partial charge in [-0.05, 0) is 47.5 Å². The number of ether oxygens (including phenoxy) is 2. The predicted molar refractivity (Wildman–Crippen MR) is 128 cm³/mol. The van der Waals surface area contributed by atoms with Gasteiger partial charge in [-0.15, -0.1) is 0 Å². The van der Waals surface area contributed by atoms with Crippen molar-refractivity contribution in [3.05, 3.63) is 95.8 Å². The molecule has 0 bridgehead atoms. The molecule has 1 saturated heterocycles. The average Bonchev–Trinajstić information content (AvgIpc) is 3.19. The fourth-order valence-electron chi connectivity index (χ4n) is 4.07. The lowest BCUT2D eigenvalue weighted by atomic mass is 9.97. The zero-order chi connectivity index (χ0) is 22.2. The Morgan fingerprint density at radius 1 is 1.00 bits per heavy atom. The summed E-state index contributed by atoms with van der Waals surface area (Å²) in [5.74, 6) is -0.266. The average molecular weight is 425 g/mol. The maximum atomic E-state index is 12.8. The quantitative estimate of drug-likeness (QED) is 0.313. The second-order valence-corrected chi connectivity index (χ2v) is 8.01. The van der Waals surface area contributed by atoms with E-state index in [9.17, 15) is 4.79 Å². The maximum Gasteiger partial charge on any atom is 0.345 e. The lowest BCUT2D eigenvalue weighted by molar-refractivity contribution is -0.178. The first-order valence-corrected chi connectivity index (χ1v) is 10.6. The summed E-state index contributed by atoms with van der Waals surface area (Å²) in [6.07, 6.45) is 1.00. The second-order valence-electron chi connectivity index (χ2n) is 8.01. The third-order valence-corrected chi connectivity index (χ3v) is 5.98. The van der Waals surface area contributed by atoms with Gasteiger partial charge in [0.15, 0.2) is 0 Å². The zero-order valence-corrected chi connectivity index (χ0v) is 18.0. The molecule has 3 aromatic carbocycles. The number of rotatable bonds is 4. The molecule has 4 aromatic rings. The van der Waals surface area contributed by atoms with Crippen molar-refractivity contribution >= 4 is 39.5 Å². The lowest BCUT2D eigenvalue weighted by Crippen LogP contribution is -2.33. The van der Waals surface area contributed by atoms with Gasteiger partial charge in [0, 0.05) is 34.5 Å². The fraction of sp³-hybridized carbons (Fsp3) is 0.148. The van der Waals surface area contributed by atoms with Crippen LogP contribution in [0.25, 0.3) is 27.9 Å². The highest BCUT2D eigenvalue weighted by Gasteiger charge is 2.34. The summed E-state index contributed by atoms with van der Waals surface area (Å²) < 4.78 is 11.6. The smallest absolute Gasteiger partial charge is 0.345 e. The van der Waals surface area contributed by atoms with Crippen LogP contribution in [0.3, 0.4) is 0 Å². The number of aromatic nitrogens is 1. The van der Waals surface area contributed by atoms with Crippen LogP contribution in [0.1, 0.15) is 24.0 Å². The van der Waals surface area contributed by atoms with Crippen molar-refractivity contribution in [1.29, 1.82) is 0 Å². The van der Waals surface area contributed by atoms with Crippen LogP contribution in [0.2, 0.25) is 0 Å². The number of cyclic esters (lactones) is 1.